The maximum Gasteiger partial charge on any atom is 0.417 e. The Bertz CT molecular complexity index is 1760. The van der Waals surface area contributed by atoms with Crippen LogP contribution in [0.15, 0.2) is 71.8 Å². The van der Waals surface area contributed by atoms with Gasteiger partial charge in [0.2, 0.25) is 0 Å². The second-order valence-electron chi connectivity index (χ2n) is 9.41. The Morgan fingerprint density at radius 1 is 0.951 bits per heavy atom. The Morgan fingerprint density at radius 3 is 2.24 bits per heavy atom. The van der Waals surface area contributed by atoms with E-state index in [0.717, 1.165) is 12.1 Å². The molecule has 1 aliphatic rings. The van der Waals surface area contributed by atoms with Crippen LogP contribution in [0.3, 0.4) is 0 Å². The number of aryl methyl sites for hydroxylation is 2. The van der Waals surface area contributed by atoms with Crippen molar-refractivity contribution in [3.05, 3.63) is 99.6 Å². The second-order valence-corrected chi connectivity index (χ2v) is 9.79. The van der Waals surface area contributed by atoms with E-state index in [4.69, 9.17) is 11.6 Å². The topological polar surface area (TPSA) is 111 Å². The van der Waals surface area contributed by atoms with Crippen molar-refractivity contribution in [2.24, 2.45) is 5.10 Å². The lowest BCUT2D eigenvalue weighted by Gasteiger charge is -2.18. The number of aromatic carboxylic acids is 1. The fourth-order valence-corrected chi connectivity index (χ4v) is 4.96. The summed E-state index contributed by atoms with van der Waals surface area (Å²) in [7, 11) is 0. The van der Waals surface area contributed by atoms with Gasteiger partial charge in [-0.25, -0.2) is 4.79 Å². The maximum absolute atomic E-state index is 14.1. The number of aromatic hydroxyl groups is 1. The van der Waals surface area contributed by atoms with Crippen LogP contribution in [0.4, 0.5) is 24.5 Å². The Morgan fingerprint density at radius 2 is 1.61 bits per heavy atom. The van der Waals surface area contributed by atoms with Gasteiger partial charge in [0.1, 0.15) is 5.75 Å². The molecule has 1 heterocycles. The number of carbonyl (C=O) groups is 2. The molecule has 1 aliphatic heterocycles. The van der Waals surface area contributed by atoms with E-state index in [1.165, 1.54) is 30.3 Å². The number of amides is 1. The van der Waals surface area contributed by atoms with Crippen LogP contribution in [0.1, 0.15) is 32.6 Å². The van der Waals surface area contributed by atoms with Crippen LogP contribution < -0.4 is 10.7 Å². The number of halogens is 4. The van der Waals surface area contributed by atoms with Gasteiger partial charge in [-0.15, -0.1) is 0 Å². The summed E-state index contributed by atoms with van der Waals surface area (Å²) < 4.78 is 42.4. The van der Waals surface area contributed by atoms with Gasteiger partial charge in [0.05, 0.1) is 22.5 Å². The fraction of sp³-hybridized carbons (Fsp3) is 0.100. The molecule has 0 radical (unpaired) electrons. The molecule has 0 unspecified atom stereocenters. The lowest BCUT2D eigenvalue weighted by atomic mass is 9.92. The SMILES string of the molecule is Cc1cc(-c2c(C(F)(F)F)ccc3c2NC(=O)C3=NNc2c(C(=O)O)cccc2-c2ccccc2O)cc(C)c1Cl. The van der Waals surface area contributed by atoms with Gasteiger partial charge in [0, 0.05) is 27.3 Å². The van der Waals surface area contributed by atoms with Gasteiger partial charge in [-0.05, 0) is 66.9 Å². The maximum atomic E-state index is 14.1. The van der Waals surface area contributed by atoms with E-state index in [9.17, 15) is 33.0 Å². The number of para-hydroxylation sites is 2. The Labute approximate surface area is 236 Å². The number of hydrogen-bond donors (Lipinski definition) is 4. The summed E-state index contributed by atoms with van der Waals surface area (Å²) in [6, 6.07) is 15.7. The zero-order chi connectivity index (χ0) is 29.6. The van der Waals surface area contributed by atoms with E-state index < -0.39 is 23.6 Å². The number of carbonyl (C=O) groups excluding carboxylic acids is 1. The summed E-state index contributed by atoms with van der Waals surface area (Å²) in [6.45, 7) is 3.35. The third kappa shape index (κ3) is 4.98. The van der Waals surface area contributed by atoms with Crippen LogP contribution in [0, 0.1) is 13.8 Å². The molecule has 0 aliphatic carbocycles. The predicted octanol–water partition coefficient (Wildman–Crippen LogP) is 7.48. The minimum atomic E-state index is -4.73. The molecule has 0 saturated carbocycles. The van der Waals surface area contributed by atoms with Gasteiger partial charge in [-0.1, -0.05) is 41.9 Å². The van der Waals surface area contributed by atoms with E-state index in [1.807, 2.05) is 0 Å². The summed E-state index contributed by atoms with van der Waals surface area (Å²) in [4.78, 5) is 25.1. The molecule has 0 bridgehead atoms. The smallest absolute Gasteiger partial charge is 0.417 e. The highest BCUT2D eigenvalue weighted by molar-refractivity contribution is 6.54. The summed E-state index contributed by atoms with van der Waals surface area (Å²) >= 11 is 6.25. The van der Waals surface area contributed by atoms with Crippen LogP contribution in [0.5, 0.6) is 5.75 Å². The van der Waals surface area contributed by atoms with Crippen molar-refractivity contribution in [2.45, 2.75) is 20.0 Å². The van der Waals surface area contributed by atoms with Crippen molar-refractivity contribution in [1.29, 1.82) is 0 Å². The van der Waals surface area contributed by atoms with Gasteiger partial charge in [0.15, 0.2) is 5.71 Å². The number of anilines is 2. The zero-order valence-corrected chi connectivity index (χ0v) is 22.3. The van der Waals surface area contributed by atoms with Crippen LogP contribution in [-0.4, -0.2) is 27.8 Å². The largest absolute Gasteiger partial charge is 0.507 e. The number of nitrogens with one attached hydrogen (secondary N) is 2. The van der Waals surface area contributed by atoms with E-state index in [1.54, 1.807) is 38.1 Å². The van der Waals surface area contributed by atoms with Gasteiger partial charge in [-0.2, -0.15) is 18.3 Å². The number of rotatable bonds is 5. The first kappa shape index (κ1) is 27.7. The van der Waals surface area contributed by atoms with Crippen molar-refractivity contribution < 1.29 is 33.0 Å². The minimum Gasteiger partial charge on any atom is -0.507 e. The number of nitrogens with zero attached hydrogens (tertiary/aromatic N) is 1. The molecule has 0 fully saturated rings. The first-order valence-electron chi connectivity index (χ1n) is 12.2. The monoisotopic (exact) mass is 579 g/mol. The van der Waals surface area contributed by atoms with Crippen molar-refractivity contribution in [1.82, 2.24) is 0 Å². The molecule has 4 N–H and O–H groups in total. The number of phenols is 1. The fourth-order valence-electron chi connectivity index (χ4n) is 4.85. The molecule has 0 saturated heterocycles. The Hall–Kier alpha value is -4.83. The number of hydrogen-bond acceptors (Lipinski definition) is 5. The molecule has 7 nitrogen and oxygen atoms in total. The molecule has 0 spiro atoms. The van der Waals surface area contributed by atoms with Crippen molar-refractivity contribution in [2.75, 3.05) is 10.7 Å². The van der Waals surface area contributed by atoms with Crippen LogP contribution in [0.2, 0.25) is 5.02 Å². The number of hydrazone groups is 1. The van der Waals surface area contributed by atoms with Gasteiger partial charge in [0.25, 0.3) is 5.91 Å². The molecular weight excluding hydrogens is 559 g/mol. The lowest BCUT2D eigenvalue weighted by molar-refractivity contribution is -0.137. The van der Waals surface area contributed by atoms with Crippen molar-refractivity contribution in [3.8, 4) is 28.0 Å². The molecule has 4 aromatic rings. The number of benzene rings is 4. The van der Waals surface area contributed by atoms with Crippen LogP contribution in [-0.2, 0) is 11.0 Å². The molecular formula is C30H21ClF3N3O4. The lowest BCUT2D eigenvalue weighted by Crippen LogP contribution is -2.16. The van der Waals surface area contributed by atoms with Crippen LogP contribution >= 0.6 is 11.6 Å². The standard InChI is InChI=1S/C30H21ClF3N3O4/c1-14-12-16(13-15(2)24(14)31)23-21(30(32,33)34)11-10-19-26(23)35-28(39)27(19)37-36-25-18(7-5-8-20(25)29(40)41)17-6-3-4-9-22(17)38/h3-13,36,38H,1-2H3,(H,40,41)(H,35,37,39). The Balaban J connectivity index is 1.68. The van der Waals surface area contributed by atoms with E-state index in [2.05, 4.69) is 15.8 Å². The first-order chi connectivity index (χ1) is 19.4. The summed E-state index contributed by atoms with van der Waals surface area (Å²) in [5.41, 5.74) is 2.90. The normalized spacial score (nSPS) is 13.7. The molecule has 0 aromatic heterocycles. The number of fused-ring (bicyclic) bond motifs is 1. The van der Waals surface area contributed by atoms with Crippen molar-refractivity contribution in [3.63, 3.8) is 0 Å². The van der Waals surface area contributed by atoms with Gasteiger partial charge >= 0.3 is 12.1 Å². The molecule has 41 heavy (non-hydrogen) atoms. The first-order valence-corrected chi connectivity index (χ1v) is 12.6. The predicted molar refractivity (Wildman–Crippen MR) is 151 cm³/mol. The molecule has 1 amide bonds. The van der Waals surface area contributed by atoms with Crippen molar-refractivity contribution >= 4 is 40.6 Å². The molecule has 11 heteroatoms. The zero-order valence-electron chi connectivity index (χ0n) is 21.5. The number of carboxylic acids is 1. The summed E-state index contributed by atoms with van der Waals surface area (Å²) in [6.07, 6.45) is -4.73. The average Bonchev–Trinajstić information content (AvgIpc) is 3.24. The summed E-state index contributed by atoms with van der Waals surface area (Å²) in [5, 5.41) is 27.3. The summed E-state index contributed by atoms with van der Waals surface area (Å²) in [5.74, 6) is -2.20. The minimum absolute atomic E-state index is 0.0219. The number of carboxylic acid groups (broad SMARTS) is 1. The quantitative estimate of drug-likeness (QED) is 0.183. The molecule has 0 atom stereocenters. The highest BCUT2D eigenvalue weighted by Crippen LogP contribution is 2.46. The third-order valence-corrected chi connectivity index (χ3v) is 7.31. The van der Waals surface area contributed by atoms with E-state index in [-0.39, 0.29) is 50.7 Å². The molecule has 5 rings (SSSR count). The Kier molecular flexibility index (Phi) is 6.96. The third-order valence-electron chi connectivity index (χ3n) is 6.71. The highest BCUT2D eigenvalue weighted by Gasteiger charge is 2.39. The van der Waals surface area contributed by atoms with Gasteiger partial charge in [-0.3, -0.25) is 10.2 Å². The number of alkyl halides is 3. The van der Waals surface area contributed by atoms with E-state index >= 15 is 0 Å². The van der Waals surface area contributed by atoms with Gasteiger partial charge < -0.3 is 15.5 Å². The molecule has 4 aromatic carbocycles. The average molecular weight is 580 g/mol. The van der Waals surface area contributed by atoms with E-state index in [0.29, 0.717) is 21.7 Å². The molecule has 208 valence electrons. The second kappa shape index (κ2) is 10.3. The highest BCUT2D eigenvalue weighted by atomic mass is 35.5. The number of phenolic OH excluding ortho intramolecular Hbond substituents is 1. The van der Waals surface area contributed by atoms with Crippen LogP contribution in [0.25, 0.3) is 22.3 Å².